The molecule has 0 aliphatic carbocycles. The van der Waals surface area contributed by atoms with Crippen molar-refractivity contribution in [1.29, 1.82) is 0 Å². The summed E-state index contributed by atoms with van der Waals surface area (Å²) in [7, 11) is 0. The molecule has 1 heterocycles. The third-order valence-electron chi connectivity index (χ3n) is 1.20. The highest BCUT2D eigenvalue weighted by atomic mass is 35.5. The lowest BCUT2D eigenvalue weighted by atomic mass is 10.3. The van der Waals surface area contributed by atoms with E-state index in [0.717, 1.165) is 0 Å². The predicted molar refractivity (Wildman–Crippen MR) is 47.3 cm³/mol. The molecule has 0 spiro atoms. The fraction of sp³-hybridized carbons (Fsp3) is 0.429. The predicted octanol–water partition coefficient (Wildman–Crippen LogP) is 1.99. The quantitative estimate of drug-likeness (QED) is 0.560. The van der Waals surface area contributed by atoms with E-state index in [4.69, 9.17) is 16.3 Å². The van der Waals surface area contributed by atoms with Crippen LogP contribution in [0, 0.1) is 0 Å². The van der Waals surface area contributed by atoms with Crippen molar-refractivity contribution in [3.63, 3.8) is 0 Å². The van der Waals surface area contributed by atoms with Gasteiger partial charge in [0.05, 0.1) is 17.8 Å². The van der Waals surface area contributed by atoms with Crippen LogP contribution in [0.15, 0.2) is 10.9 Å². The molecule has 12 heavy (non-hydrogen) atoms. The Morgan fingerprint density at radius 3 is 3.17 bits per heavy atom. The maximum Gasteiger partial charge on any atom is 0.330 e. The first kappa shape index (κ1) is 9.48. The zero-order chi connectivity index (χ0) is 8.97. The van der Waals surface area contributed by atoms with Crippen molar-refractivity contribution < 1.29 is 9.53 Å². The van der Waals surface area contributed by atoms with Crippen LogP contribution in [0.4, 0.5) is 0 Å². The van der Waals surface area contributed by atoms with Crippen LogP contribution in [0.3, 0.4) is 0 Å². The lowest BCUT2D eigenvalue weighted by molar-refractivity contribution is -0.142. The summed E-state index contributed by atoms with van der Waals surface area (Å²) in [5.74, 6) is -0.440. The fourth-order valence-electron chi connectivity index (χ4n) is 0.683. The number of aromatic nitrogens is 1. The highest BCUT2D eigenvalue weighted by molar-refractivity contribution is 7.07. The van der Waals surface area contributed by atoms with Crippen molar-refractivity contribution in [3.05, 3.63) is 16.6 Å². The topological polar surface area (TPSA) is 39.2 Å². The van der Waals surface area contributed by atoms with Crippen LogP contribution in [0.5, 0.6) is 0 Å². The average Bonchev–Trinajstić information content (AvgIpc) is 2.55. The molecule has 66 valence electrons. The van der Waals surface area contributed by atoms with Gasteiger partial charge in [-0.2, -0.15) is 0 Å². The number of nitrogens with zero attached hydrogens (tertiary/aromatic N) is 1. The molecule has 1 rings (SSSR count). The van der Waals surface area contributed by atoms with Gasteiger partial charge in [0.2, 0.25) is 0 Å². The second-order valence-corrected chi connectivity index (χ2v) is 3.18. The second-order valence-electron chi connectivity index (χ2n) is 2.03. The summed E-state index contributed by atoms with van der Waals surface area (Å²) in [4.78, 5) is 15.0. The van der Waals surface area contributed by atoms with E-state index in [2.05, 4.69) is 4.98 Å². The van der Waals surface area contributed by atoms with Crippen molar-refractivity contribution in [2.24, 2.45) is 0 Å². The lowest BCUT2D eigenvalue weighted by Crippen LogP contribution is -2.11. The first-order valence-electron chi connectivity index (χ1n) is 3.44. The molecule has 5 heteroatoms. The standard InChI is InChI=1S/C7H8ClNO2S/c1-2-11-7(10)6(8)5-3-12-4-9-5/h3-4,6H,2H2,1H3. The van der Waals surface area contributed by atoms with E-state index in [1.807, 2.05) is 0 Å². The van der Waals surface area contributed by atoms with Gasteiger partial charge in [0.1, 0.15) is 0 Å². The molecule has 3 nitrogen and oxygen atoms in total. The Labute approximate surface area is 79.3 Å². The first-order chi connectivity index (χ1) is 5.75. The van der Waals surface area contributed by atoms with E-state index in [9.17, 15) is 4.79 Å². The Hall–Kier alpha value is -0.610. The van der Waals surface area contributed by atoms with Gasteiger partial charge in [-0.1, -0.05) is 0 Å². The van der Waals surface area contributed by atoms with Crippen LogP contribution >= 0.6 is 22.9 Å². The third kappa shape index (κ3) is 2.19. The van der Waals surface area contributed by atoms with Gasteiger partial charge in [0.15, 0.2) is 5.38 Å². The number of carbonyl (C=O) groups is 1. The van der Waals surface area contributed by atoms with Gasteiger partial charge in [-0.05, 0) is 6.92 Å². The zero-order valence-corrected chi connectivity index (χ0v) is 8.06. The van der Waals surface area contributed by atoms with Crippen molar-refractivity contribution in [2.45, 2.75) is 12.3 Å². The number of ether oxygens (including phenoxy) is 1. The molecule has 0 aromatic carbocycles. The molecule has 1 aromatic heterocycles. The summed E-state index contributed by atoms with van der Waals surface area (Å²) >= 11 is 7.15. The number of hydrogen-bond acceptors (Lipinski definition) is 4. The highest BCUT2D eigenvalue weighted by Gasteiger charge is 2.20. The minimum atomic E-state index is -0.767. The summed E-state index contributed by atoms with van der Waals surface area (Å²) in [5, 5.41) is 0.963. The van der Waals surface area contributed by atoms with E-state index in [-0.39, 0.29) is 0 Å². The Bertz CT molecular complexity index is 250. The molecule has 0 saturated carbocycles. The highest BCUT2D eigenvalue weighted by Crippen LogP contribution is 2.21. The Morgan fingerprint density at radius 1 is 1.92 bits per heavy atom. The number of esters is 1. The smallest absolute Gasteiger partial charge is 0.330 e. The molecule has 0 amide bonds. The van der Waals surface area contributed by atoms with Gasteiger partial charge in [-0.15, -0.1) is 22.9 Å². The Balaban J connectivity index is 2.59. The van der Waals surface area contributed by atoms with E-state index in [1.165, 1.54) is 11.3 Å². The summed E-state index contributed by atoms with van der Waals surface area (Å²) in [6.45, 7) is 2.08. The summed E-state index contributed by atoms with van der Waals surface area (Å²) in [5.41, 5.74) is 2.18. The van der Waals surface area contributed by atoms with Crippen LogP contribution in [-0.2, 0) is 9.53 Å². The maximum atomic E-state index is 11.1. The first-order valence-corrected chi connectivity index (χ1v) is 4.82. The molecular weight excluding hydrogens is 198 g/mol. The number of rotatable bonds is 3. The van der Waals surface area contributed by atoms with Gasteiger partial charge in [0, 0.05) is 5.38 Å². The Morgan fingerprint density at radius 2 is 2.67 bits per heavy atom. The minimum Gasteiger partial charge on any atom is -0.465 e. The Kier molecular flexibility index (Phi) is 3.49. The largest absolute Gasteiger partial charge is 0.465 e. The minimum absolute atomic E-state index is 0.339. The van der Waals surface area contributed by atoms with Crippen molar-refractivity contribution in [2.75, 3.05) is 6.61 Å². The second kappa shape index (κ2) is 4.42. The van der Waals surface area contributed by atoms with Gasteiger partial charge in [-0.25, -0.2) is 4.98 Å². The molecule has 0 bridgehead atoms. The lowest BCUT2D eigenvalue weighted by Gasteiger charge is -2.04. The van der Waals surface area contributed by atoms with Gasteiger partial charge >= 0.3 is 5.97 Å². The summed E-state index contributed by atoms with van der Waals surface area (Å²) in [6, 6.07) is 0. The number of halogens is 1. The third-order valence-corrected chi connectivity index (χ3v) is 2.21. The van der Waals surface area contributed by atoms with Crippen molar-refractivity contribution >= 4 is 28.9 Å². The molecule has 1 atom stereocenters. The normalized spacial score (nSPS) is 12.5. The monoisotopic (exact) mass is 205 g/mol. The van der Waals surface area contributed by atoms with Crippen LogP contribution in [0.1, 0.15) is 18.0 Å². The van der Waals surface area contributed by atoms with Gasteiger partial charge in [0.25, 0.3) is 0 Å². The molecule has 1 aromatic rings. The molecule has 0 N–H and O–H groups in total. The van der Waals surface area contributed by atoms with Crippen LogP contribution < -0.4 is 0 Å². The summed E-state index contributed by atoms with van der Waals surface area (Å²) in [6.07, 6.45) is 0. The van der Waals surface area contributed by atoms with E-state index in [0.29, 0.717) is 12.3 Å². The number of alkyl halides is 1. The molecule has 0 saturated heterocycles. The van der Waals surface area contributed by atoms with Crippen molar-refractivity contribution in [3.8, 4) is 0 Å². The number of carbonyl (C=O) groups excluding carboxylic acids is 1. The van der Waals surface area contributed by atoms with Gasteiger partial charge < -0.3 is 4.74 Å². The molecule has 0 fully saturated rings. The van der Waals surface area contributed by atoms with Crippen LogP contribution in [-0.4, -0.2) is 17.6 Å². The SMILES string of the molecule is CCOC(=O)C(Cl)c1cscn1. The number of thiazole rings is 1. The molecule has 0 radical (unpaired) electrons. The number of hydrogen-bond donors (Lipinski definition) is 0. The van der Waals surface area contributed by atoms with Crippen molar-refractivity contribution in [1.82, 2.24) is 4.98 Å². The summed E-state index contributed by atoms with van der Waals surface area (Å²) < 4.78 is 4.72. The average molecular weight is 206 g/mol. The van der Waals surface area contributed by atoms with E-state index in [1.54, 1.807) is 17.8 Å². The van der Waals surface area contributed by atoms with Crippen LogP contribution in [0.2, 0.25) is 0 Å². The molecule has 0 aliphatic rings. The molecular formula is C7H8ClNO2S. The molecule has 0 aliphatic heterocycles. The van der Waals surface area contributed by atoms with Crippen LogP contribution in [0.25, 0.3) is 0 Å². The van der Waals surface area contributed by atoms with Gasteiger partial charge in [-0.3, -0.25) is 4.79 Å². The van der Waals surface area contributed by atoms with E-state index >= 15 is 0 Å². The fourth-order valence-corrected chi connectivity index (χ4v) is 1.52. The van der Waals surface area contributed by atoms with E-state index < -0.39 is 11.3 Å². The maximum absolute atomic E-state index is 11.1. The molecule has 1 unspecified atom stereocenters. The zero-order valence-electron chi connectivity index (χ0n) is 6.49.